The Hall–Kier alpha value is -2.42. The number of morpholine rings is 1. The number of aromatic nitrogens is 4. The van der Waals surface area contributed by atoms with Crippen LogP contribution in [0, 0.1) is 0 Å². The number of hydrogen-bond donors (Lipinski definition) is 0. The lowest BCUT2D eigenvalue weighted by Gasteiger charge is -2.35. The standard InChI is InChI=1S/C21H26ClN5O3/c1-13-9-26(10-14(2)30-13)12-17-23-19-18(20(28)25(4)21(29)24(19)3)27(17)11-15-5-7-16(22)8-6-15/h5-8,13-14H,9-12H2,1-4H3/t13-,14-/m0/s1. The fraction of sp³-hybridized carbons (Fsp3) is 0.476. The molecule has 1 aliphatic rings. The van der Waals surface area contributed by atoms with Gasteiger partial charge in [0, 0.05) is 38.8 Å². The zero-order valence-corrected chi connectivity index (χ0v) is 18.4. The number of nitrogens with zero attached hydrogens (tertiary/aromatic N) is 5. The summed E-state index contributed by atoms with van der Waals surface area (Å²) in [5.41, 5.74) is 1.10. The Morgan fingerprint density at radius 3 is 2.30 bits per heavy atom. The van der Waals surface area contributed by atoms with Gasteiger partial charge in [-0.1, -0.05) is 23.7 Å². The molecule has 3 heterocycles. The van der Waals surface area contributed by atoms with Gasteiger partial charge < -0.3 is 9.30 Å². The van der Waals surface area contributed by atoms with Crippen LogP contribution in [0.15, 0.2) is 33.9 Å². The number of rotatable bonds is 4. The molecule has 30 heavy (non-hydrogen) atoms. The van der Waals surface area contributed by atoms with E-state index in [-0.39, 0.29) is 23.5 Å². The van der Waals surface area contributed by atoms with E-state index >= 15 is 0 Å². The minimum Gasteiger partial charge on any atom is -0.373 e. The second kappa shape index (κ2) is 8.02. The number of hydrogen-bond acceptors (Lipinski definition) is 5. The lowest BCUT2D eigenvalue weighted by molar-refractivity contribution is -0.0712. The molecule has 8 nitrogen and oxygen atoms in total. The molecule has 0 unspecified atom stereocenters. The molecule has 0 spiro atoms. The third-order valence-electron chi connectivity index (χ3n) is 5.54. The summed E-state index contributed by atoms with van der Waals surface area (Å²) in [5, 5.41) is 0.657. The van der Waals surface area contributed by atoms with Gasteiger partial charge in [-0.25, -0.2) is 9.78 Å². The number of fused-ring (bicyclic) bond motifs is 1. The molecule has 2 atom stereocenters. The summed E-state index contributed by atoms with van der Waals surface area (Å²) in [4.78, 5) is 32.5. The molecule has 9 heteroatoms. The zero-order valence-electron chi connectivity index (χ0n) is 17.6. The lowest BCUT2D eigenvalue weighted by atomic mass is 10.2. The fourth-order valence-corrected chi connectivity index (χ4v) is 4.29. The molecular formula is C21H26ClN5O3. The van der Waals surface area contributed by atoms with Crippen molar-refractivity contribution in [2.75, 3.05) is 13.1 Å². The average Bonchev–Trinajstić information content (AvgIpc) is 3.03. The van der Waals surface area contributed by atoms with Crippen molar-refractivity contribution in [3.05, 3.63) is 61.5 Å². The Morgan fingerprint density at radius 2 is 1.67 bits per heavy atom. The maximum absolute atomic E-state index is 13.0. The Bertz CT molecular complexity index is 1180. The molecule has 0 saturated carbocycles. The summed E-state index contributed by atoms with van der Waals surface area (Å²) >= 11 is 6.03. The van der Waals surface area contributed by atoms with Crippen LogP contribution in [0.2, 0.25) is 5.02 Å². The molecule has 1 fully saturated rings. The van der Waals surface area contributed by atoms with Crippen molar-refractivity contribution < 1.29 is 4.74 Å². The highest BCUT2D eigenvalue weighted by Crippen LogP contribution is 2.19. The van der Waals surface area contributed by atoms with Crippen LogP contribution in [0.25, 0.3) is 11.2 Å². The van der Waals surface area contributed by atoms with Crippen LogP contribution in [-0.4, -0.2) is 48.9 Å². The van der Waals surface area contributed by atoms with E-state index in [9.17, 15) is 9.59 Å². The van der Waals surface area contributed by atoms with Gasteiger partial charge in [0.05, 0.1) is 18.8 Å². The van der Waals surface area contributed by atoms with Crippen LogP contribution in [-0.2, 0) is 31.9 Å². The number of aryl methyl sites for hydroxylation is 1. The molecule has 4 rings (SSSR count). The molecule has 160 valence electrons. The number of benzene rings is 1. The van der Waals surface area contributed by atoms with Gasteiger partial charge in [0.15, 0.2) is 11.2 Å². The molecule has 0 aliphatic carbocycles. The van der Waals surface area contributed by atoms with Crippen LogP contribution in [0.5, 0.6) is 0 Å². The SMILES string of the molecule is C[C@H]1CN(Cc2nc3c(c(=O)n(C)c(=O)n3C)n2Cc2ccc(Cl)cc2)C[C@H](C)O1. The Balaban J connectivity index is 1.84. The molecule has 3 aromatic rings. The Morgan fingerprint density at radius 1 is 1.03 bits per heavy atom. The summed E-state index contributed by atoms with van der Waals surface area (Å²) in [7, 11) is 3.14. The fourth-order valence-electron chi connectivity index (χ4n) is 4.17. The van der Waals surface area contributed by atoms with Gasteiger partial charge in [-0.3, -0.25) is 18.8 Å². The van der Waals surface area contributed by atoms with Crippen LogP contribution in [0.1, 0.15) is 25.2 Å². The summed E-state index contributed by atoms with van der Waals surface area (Å²) < 4.78 is 10.3. The van der Waals surface area contributed by atoms with Crippen LogP contribution >= 0.6 is 11.6 Å². The predicted octanol–water partition coefficient (Wildman–Crippen LogP) is 1.74. The van der Waals surface area contributed by atoms with E-state index in [4.69, 9.17) is 21.3 Å². The molecule has 0 amide bonds. The minimum absolute atomic E-state index is 0.125. The largest absolute Gasteiger partial charge is 0.373 e. The van der Waals surface area contributed by atoms with Gasteiger partial charge in [-0.2, -0.15) is 0 Å². The first kappa shape index (κ1) is 20.8. The number of imidazole rings is 1. The topological polar surface area (TPSA) is 74.3 Å². The van der Waals surface area contributed by atoms with E-state index in [1.807, 2.05) is 28.8 Å². The highest BCUT2D eigenvalue weighted by atomic mass is 35.5. The van der Waals surface area contributed by atoms with Crippen molar-refractivity contribution in [2.45, 2.75) is 39.1 Å². The van der Waals surface area contributed by atoms with Gasteiger partial charge in [0.2, 0.25) is 0 Å². The maximum Gasteiger partial charge on any atom is 0.332 e. The quantitative estimate of drug-likeness (QED) is 0.629. The molecule has 2 aromatic heterocycles. The highest BCUT2D eigenvalue weighted by molar-refractivity contribution is 6.30. The van der Waals surface area contributed by atoms with Crippen molar-refractivity contribution in [3.63, 3.8) is 0 Å². The van der Waals surface area contributed by atoms with E-state index in [1.54, 1.807) is 7.05 Å². The van der Waals surface area contributed by atoms with E-state index in [2.05, 4.69) is 18.7 Å². The van der Waals surface area contributed by atoms with Crippen molar-refractivity contribution in [1.29, 1.82) is 0 Å². The van der Waals surface area contributed by atoms with Crippen molar-refractivity contribution in [3.8, 4) is 0 Å². The van der Waals surface area contributed by atoms with Crippen LogP contribution in [0.4, 0.5) is 0 Å². The minimum atomic E-state index is -0.385. The van der Waals surface area contributed by atoms with Crippen molar-refractivity contribution in [1.82, 2.24) is 23.6 Å². The highest BCUT2D eigenvalue weighted by Gasteiger charge is 2.25. The third-order valence-corrected chi connectivity index (χ3v) is 5.79. The van der Waals surface area contributed by atoms with Crippen molar-refractivity contribution in [2.24, 2.45) is 14.1 Å². The van der Waals surface area contributed by atoms with Crippen LogP contribution in [0.3, 0.4) is 0 Å². The molecule has 1 saturated heterocycles. The van der Waals surface area contributed by atoms with Gasteiger partial charge >= 0.3 is 5.69 Å². The second-order valence-corrected chi connectivity index (χ2v) is 8.51. The van der Waals surface area contributed by atoms with E-state index in [0.717, 1.165) is 29.0 Å². The third kappa shape index (κ3) is 3.82. The molecular weight excluding hydrogens is 406 g/mol. The summed E-state index contributed by atoms with van der Waals surface area (Å²) in [5.74, 6) is 0.750. The Kier molecular flexibility index (Phi) is 5.57. The lowest BCUT2D eigenvalue weighted by Crippen LogP contribution is -2.45. The first-order valence-electron chi connectivity index (χ1n) is 10.0. The van der Waals surface area contributed by atoms with Gasteiger partial charge in [0.25, 0.3) is 5.56 Å². The molecule has 0 bridgehead atoms. The molecule has 0 N–H and O–H groups in total. The van der Waals surface area contributed by atoms with Crippen molar-refractivity contribution >= 4 is 22.8 Å². The average molecular weight is 432 g/mol. The molecule has 0 radical (unpaired) electrons. The van der Waals surface area contributed by atoms with Gasteiger partial charge in [-0.15, -0.1) is 0 Å². The first-order chi connectivity index (χ1) is 14.2. The number of halogens is 1. The maximum atomic E-state index is 13.0. The predicted molar refractivity (Wildman–Crippen MR) is 116 cm³/mol. The zero-order chi connectivity index (χ0) is 21.6. The van der Waals surface area contributed by atoms with Crippen LogP contribution < -0.4 is 11.2 Å². The summed E-state index contributed by atoms with van der Waals surface area (Å²) in [6.07, 6.45) is 0.250. The Labute approximate surface area is 179 Å². The van der Waals surface area contributed by atoms with Gasteiger partial charge in [0.1, 0.15) is 5.82 Å². The first-order valence-corrected chi connectivity index (χ1v) is 10.4. The van der Waals surface area contributed by atoms with E-state index < -0.39 is 0 Å². The number of ether oxygens (including phenoxy) is 1. The van der Waals surface area contributed by atoms with Gasteiger partial charge in [-0.05, 0) is 31.5 Å². The molecule has 1 aliphatic heterocycles. The molecule has 1 aromatic carbocycles. The monoisotopic (exact) mass is 431 g/mol. The second-order valence-electron chi connectivity index (χ2n) is 8.07. The van der Waals surface area contributed by atoms with E-state index in [1.165, 1.54) is 11.6 Å². The van der Waals surface area contributed by atoms with E-state index in [0.29, 0.717) is 29.3 Å². The summed E-state index contributed by atoms with van der Waals surface area (Å²) in [6, 6.07) is 7.52. The smallest absolute Gasteiger partial charge is 0.332 e. The summed E-state index contributed by atoms with van der Waals surface area (Å²) in [6.45, 7) is 6.71. The normalized spacial score (nSPS) is 20.2.